The van der Waals surface area contributed by atoms with E-state index in [4.69, 9.17) is 14.2 Å². The van der Waals surface area contributed by atoms with E-state index in [0.29, 0.717) is 37.7 Å². The molecule has 1 saturated carbocycles. The average Bonchev–Trinajstić information content (AvgIpc) is 3.14. The van der Waals surface area contributed by atoms with Crippen LogP contribution in [0.25, 0.3) is 0 Å². The lowest BCUT2D eigenvalue weighted by Crippen LogP contribution is -2.55. The van der Waals surface area contributed by atoms with E-state index in [-0.39, 0.29) is 29.8 Å². The van der Waals surface area contributed by atoms with Gasteiger partial charge in [-0.15, -0.1) is 0 Å². The van der Waals surface area contributed by atoms with Gasteiger partial charge in [-0.25, -0.2) is 0 Å². The van der Waals surface area contributed by atoms with Crippen molar-refractivity contribution in [3.8, 4) is 11.5 Å². The summed E-state index contributed by atoms with van der Waals surface area (Å²) in [6.07, 6.45) is 5.87. The average molecular weight is 402 g/mol. The van der Waals surface area contributed by atoms with Crippen LogP contribution in [0.3, 0.4) is 0 Å². The van der Waals surface area contributed by atoms with E-state index in [0.717, 1.165) is 31.4 Å². The molecule has 2 aliphatic heterocycles. The van der Waals surface area contributed by atoms with Gasteiger partial charge in [0.25, 0.3) is 0 Å². The Bertz CT molecular complexity index is 769. The molecule has 0 N–H and O–H groups in total. The maximum atomic E-state index is 13.2. The third-order valence-corrected chi connectivity index (χ3v) is 6.48. The molecule has 3 fully saturated rings. The summed E-state index contributed by atoms with van der Waals surface area (Å²) >= 11 is 0. The lowest BCUT2D eigenvalue weighted by atomic mass is 9.83. The lowest BCUT2D eigenvalue weighted by Gasteiger charge is -2.45. The van der Waals surface area contributed by atoms with Crippen molar-refractivity contribution in [3.63, 3.8) is 0 Å². The summed E-state index contributed by atoms with van der Waals surface area (Å²) in [5, 5.41) is 0. The molecule has 158 valence electrons. The van der Waals surface area contributed by atoms with E-state index in [9.17, 15) is 9.59 Å². The van der Waals surface area contributed by atoms with E-state index < -0.39 is 0 Å². The fourth-order valence-electron chi connectivity index (χ4n) is 4.91. The highest BCUT2D eigenvalue weighted by atomic mass is 16.5. The first-order chi connectivity index (χ1) is 14.0. The molecule has 3 aliphatic rings. The number of ether oxygens (including phenoxy) is 3. The third kappa shape index (κ3) is 3.92. The Hall–Kier alpha value is -2.28. The number of anilines is 1. The number of rotatable bonds is 4. The third-order valence-electron chi connectivity index (χ3n) is 6.48. The Morgan fingerprint density at radius 3 is 2.62 bits per heavy atom. The largest absolute Gasteiger partial charge is 0.493 e. The van der Waals surface area contributed by atoms with Crippen LogP contribution >= 0.6 is 0 Å². The molecule has 7 nitrogen and oxygen atoms in total. The Morgan fingerprint density at radius 2 is 1.90 bits per heavy atom. The second-order valence-electron chi connectivity index (χ2n) is 8.30. The highest BCUT2D eigenvalue weighted by molar-refractivity contribution is 6.00. The second-order valence-corrected chi connectivity index (χ2v) is 8.30. The first kappa shape index (κ1) is 20.0. The van der Waals surface area contributed by atoms with Crippen molar-refractivity contribution in [2.24, 2.45) is 5.92 Å². The molecule has 4 rings (SSSR count). The van der Waals surface area contributed by atoms with Crippen molar-refractivity contribution in [3.05, 3.63) is 18.2 Å². The number of amides is 2. The first-order valence-electron chi connectivity index (χ1n) is 10.5. The topological polar surface area (TPSA) is 68.3 Å². The van der Waals surface area contributed by atoms with Crippen molar-refractivity contribution in [2.75, 3.05) is 45.4 Å². The minimum Gasteiger partial charge on any atom is -0.493 e. The Balaban J connectivity index is 1.45. The Labute approximate surface area is 171 Å². The second kappa shape index (κ2) is 8.22. The monoisotopic (exact) mass is 402 g/mol. The van der Waals surface area contributed by atoms with Gasteiger partial charge in [-0.3, -0.25) is 9.59 Å². The lowest BCUT2D eigenvalue weighted by molar-refractivity contribution is -0.159. The molecule has 2 amide bonds. The molecule has 7 heteroatoms. The van der Waals surface area contributed by atoms with Crippen LogP contribution in [0.1, 0.15) is 38.5 Å². The smallest absolute Gasteiger partial charge is 0.228 e. The molecular formula is C22H30N2O5. The van der Waals surface area contributed by atoms with Crippen molar-refractivity contribution in [1.82, 2.24) is 4.90 Å². The zero-order valence-corrected chi connectivity index (χ0v) is 17.3. The molecular weight excluding hydrogens is 372 g/mol. The number of hydrogen-bond donors (Lipinski definition) is 0. The normalized spacial score (nSPS) is 24.1. The summed E-state index contributed by atoms with van der Waals surface area (Å²) in [7, 11) is 3.15. The van der Waals surface area contributed by atoms with Crippen LogP contribution in [0.5, 0.6) is 11.5 Å². The fourth-order valence-corrected chi connectivity index (χ4v) is 4.91. The van der Waals surface area contributed by atoms with Crippen LogP contribution in [0.4, 0.5) is 5.69 Å². The van der Waals surface area contributed by atoms with E-state index in [2.05, 4.69) is 0 Å². The number of methoxy groups -OCH3 is 2. The predicted octanol–water partition coefficient (Wildman–Crippen LogP) is 2.62. The minimum atomic E-state index is -0.311. The molecule has 0 bridgehead atoms. The molecule has 2 heterocycles. The van der Waals surface area contributed by atoms with Gasteiger partial charge >= 0.3 is 0 Å². The standard InChI is InChI=1S/C22H30N2O5/c1-27-18-7-6-17(13-19(18)28-2)24-14-16(12-20(24)25)21(26)23-10-11-29-22(15-23)8-4-3-5-9-22/h6-7,13,16H,3-5,8-12,14-15H2,1-2H3. The maximum absolute atomic E-state index is 13.2. The van der Waals surface area contributed by atoms with E-state index in [1.165, 1.54) is 6.42 Å². The van der Waals surface area contributed by atoms with Crippen molar-refractivity contribution in [1.29, 1.82) is 0 Å². The highest BCUT2D eigenvalue weighted by Crippen LogP contribution is 2.37. The minimum absolute atomic E-state index is 0.0313. The molecule has 1 atom stereocenters. The SMILES string of the molecule is COc1ccc(N2CC(C(=O)N3CCOC4(CCCCC4)C3)CC2=O)cc1OC. The van der Waals surface area contributed by atoms with Gasteiger partial charge in [0.15, 0.2) is 11.5 Å². The molecule has 0 aromatic heterocycles. The summed E-state index contributed by atoms with van der Waals surface area (Å²) in [5.41, 5.74) is 0.561. The van der Waals surface area contributed by atoms with Gasteiger partial charge in [-0.1, -0.05) is 19.3 Å². The van der Waals surface area contributed by atoms with Gasteiger partial charge < -0.3 is 24.0 Å². The van der Waals surface area contributed by atoms with Gasteiger partial charge in [0, 0.05) is 37.8 Å². The first-order valence-corrected chi connectivity index (χ1v) is 10.5. The van der Waals surface area contributed by atoms with Gasteiger partial charge in [-0.05, 0) is 25.0 Å². The van der Waals surface area contributed by atoms with Crippen LogP contribution < -0.4 is 14.4 Å². The molecule has 1 aliphatic carbocycles. The van der Waals surface area contributed by atoms with Crippen LogP contribution in [0, 0.1) is 5.92 Å². The molecule has 1 unspecified atom stereocenters. The molecule has 1 spiro atoms. The van der Waals surface area contributed by atoms with Crippen molar-refractivity contribution >= 4 is 17.5 Å². The number of carbonyl (C=O) groups excluding carboxylic acids is 2. The molecule has 1 aromatic carbocycles. The van der Waals surface area contributed by atoms with E-state index in [1.807, 2.05) is 11.0 Å². The maximum Gasteiger partial charge on any atom is 0.228 e. The fraction of sp³-hybridized carbons (Fsp3) is 0.636. The zero-order chi connectivity index (χ0) is 20.4. The summed E-state index contributed by atoms with van der Waals surface area (Å²) in [5.74, 6) is 0.918. The Morgan fingerprint density at radius 1 is 1.14 bits per heavy atom. The van der Waals surface area contributed by atoms with Crippen molar-refractivity contribution < 1.29 is 23.8 Å². The zero-order valence-electron chi connectivity index (χ0n) is 17.3. The molecule has 1 aromatic rings. The van der Waals surface area contributed by atoms with E-state index in [1.54, 1.807) is 31.3 Å². The van der Waals surface area contributed by atoms with Crippen LogP contribution in [-0.2, 0) is 14.3 Å². The van der Waals surface area contributed by atoms with Gasteiger partial charge in [-0.2, -0.15) is 0 Å². The number of carbonyl (C=O) groups is 2. The van der Waals surface area contributed by atoms with Gasteiger partial charge in [0.05, 0.1) is 32.3 Å². The van der Waals surface area contributed by atoms with Crippen LogP contribution in [0.15, 0.2) is 18.2 Å². The quantitative estimate of drug-likeness (QED) is 0.774. The van der Waals surface area contributed by atoms with Crippen LogP contribution in [-0.4, -0.2) is 62.8 Å². The summed E-state index contributed by atoms with van der Waals surface area (Å²) < 4.78 is 16.7. The molecule has 2 saturated heterocycles. The number of benzene rings is 1. The van der Waals surface area contributed by atoms with Gasteiger partial charge in [0.2, 0.25) is 11.8 Å². The number of nitrogens with zero attached hydrogens (tertiary/aromatic N) is 2. The summed E-state index contributed by atoms with van der Waals surface area (Å²) in [6.45, 7) is 2.26. The number of morpholine rings is 1. The van der Waals surface area contributed by atoms with E-state index >= 15 is 0 Å². The molecule has 0 radical (unpaired) electrons. The predicted molar refractivity (Wildman–Crippen MR) is 108 cm³/mol. The number of hydrogen-bond acceptors (Lipinski definition) is 5. The van der Waals surface area contributed by atoms with Crippen molar-refractivity contribution in [2.45, 2.75) is 44.1 Å². The summed E-state index contributed by atoms with van der Waals surface area (Å²) in [4.78, 5) is 29.5. The summed E-state index contributed by atoms with van der Waals surface area (Å²) in [6, 6.07) is 5.40. The van der Waals surface area contributed by atoms with Crippen LogP contribution in [0.2, 0.25) is 0 Å². The van der Waals surface area contributed by atoms with Gasteiger partial charge in [0.1, 0.15) is 0 Å². The molecule has 29 heavy (non-hydrogen) atoms. The highest BCUT2D eigenvalue weighted by Gasteiger charge is 2.43. The Kier molecular flexibility index (Phi) is 5.67.